The fourth-order valence-corrected chi connectivity index (χ4v) is 6.67. The Morgan fingerprint density at radius 3 is 1.51 bits per heavy atom. The largest absolute Gasteiger partial charge is 0.289 e. The number of hydrogen-bond acceptors (Lipinski definition) is 5. The second kappa shape index (κ2) is 11.7. The normalized spacial score (nSPS) is 11.5. The highest BCUT2D eigenvalue weighted by Crippen LogP contribution is 2.32. The minimum absolute atomic E-state index is 0.500. The Hall–Kier alpha value is -4.92. The average molecular weight is 663 g/mol. The molecular weight excluding hydrogens is 632 g/mol. The third-order valence-electron chi connectivity index (χ3n) is 8.40. The molecule has 5 heterocycles. The van der Waals surface area contributed by atoms with E-state index in [4.69, 9.17) is 38.2 Å². The summed E-state index contributed by atoms with van der Waals surface area (Å²) in [6, 6.07) is 22.7. The minimum atomic E-state index is -0.500. The number of benzene rings is 3. The molecule has 0 spiro atoms. The predicted octanol–water partition coefficient (Wildman–Crippen LogP) is 9.79. The van der Waals surface area contributed by atoms with E-state index in [0.29, 0.717) is 21.6 Å². The first-order valence-electron chi connectivity index (χ1n) is 15.1. The van der Waals surface area contributed by atoms with Gasteiger partial charge in [-0.1, -0.05) is 47.5 Å². The van der Waals surface area contributed by atoms with Crippen LogP contribution in [0.4, 0.5) is 4.39 Å². The van der Waals surface area contributed by atoms with Crippen molar-refractivity contribution in [2.75, 3.05) is 0 Å². The van der Waals surface area contributed by atoms with Gasteiger partial charge in [0, 0.05) is 21.2 Å². The van der Waals surface area contributed by atoms with Gasteiger partial charge in [-0.2, -0.15) is 4.39 Å². The number of imidazole rings is 2. The lowest BCUT2D eigenvalue weighted by molar-refractivity contribution is 0.580. The molecule has 0 aliphatic rings. The highest BCUT2D eigenvalue weighted by molar-refractivity contribution is 6.31. The van der Waals surface area contributed by atoms with Gasteiger partial charge < -0.3 is 0 Å². The summed E-state index contributed by atoms with van der Waals surface area (Å²) >= 11 is 12.4. The third-order valence-corrected chi connectivity index (χ3v) is 8.87. The first-order chi connectivity index (χ1) is 22.5. The van der Waals surface area contributed by atoms with Crippen LogP contribution in [0.5, 0.6) is 0 Å². The molecule has 5 aromatic heterocycles. The van der Waals surface area contributed by atoms with Gasteiger partial charge in [-0.25, -0.2) is 24.9 Å². The summed E-state index contributed by atoms with van der Waals surface area (Å²) in [7, 11) is 0. The van der Waals surface area contributed by atoms with Crippen LogP contribution in [0, 0.1) is 47.5 Å². The van der Waals surface area contributed by atoms with Crippen LogP contribution in [0.2, 0.25) is 10.0 Å². The smallest absolute Gasteiger partial charge is 0.213 e. The lowest BCUT2D eigenvalue weighted by Crippen LogP contribution is -1.99. The molecule has 47 heavy (non-hydrogen) atoms. The number of rotatable bonds is 2. The zero-order valence-corrected chi connectivity index (χ0v) is 28.2. The molecule has 234 valence electrons. The van der Waals surface area contributed by atoms with E-state index in [0.717, 1.165) is 72.8 Å². The zero-order chi connectivity index (χ0) is 33.1. The number of hydrogen-bond donors (Lipinski definition) is 0. The highest BCUT2D eigenvalue weighted by Gasteiger charge is 2.19. The molecule has 0 radical (unpaired) electrons. The van der Waals surface area contributed by atoms with E-state index in [9.17, 15) is 4.39 Å². The second-order valence-electron chi connectivity index (χ2n) is 11.7. The standard InChI is InChI=1S/C19H16ClN3.C18H14ClFN4/c1-11-6-4-5-7-15(11)19-22-13(3)18-12(2)21-16-9-8-14(20)10-17(16)23(18)19;1-9-13(5-7-16(20)22-9)18-23-11(3)17-10(2)21-14-6-4-12(19)8-15(14)24(17)18/h4-10H,1-3H3;4-8H,1-3H3. The molecule has 0 fully saturated rings. The Labute approximate surface area is 280 Å². The third kappa shape index (κ3) is 5.27. The topological polar surface area (TPSA) is 73.3 Å². The maximum atomic E-state index is 13.4. The molecule has 0 unspecified atom stereocenters. The maximum Gasteiger partial charge on any atom is 0.213 e. The molecule has 8 aromatic rings. The summed E-state index contributed by atoms with van der Waals surface area (Å²) in [5.74, 6) is 1.15. The van der Waals surface area contributed by atoms with Gasteiger partial charge in [0.2, 0.25) is 5.95 Å². The van der Waals surface area contributed by atoms with Crippen LogP contribution in [0.15, 0.2) is 72.8 Å². The second-order valence-corrected chi connectivity index (χ2v) is 12.5. The van der Waals surface area contributed by atoms with Gasteiger partial charge >= 0.3 is 0 Å². The van der Waals surface area contributed by atoms with Crippen LogP contribution < -0.4 is 0 Å². The van der Waals surface area contributed by atoms with Crippen LogP contribution in [0.1, 0.15) is 34.0 Å². The fraction of sp³-hybridized carbons (Fsp3) is 0.162. The average Bonchev–Trinajstić information content (AvgIpc) is 3.56. The lowest BCUT2D eigenvalue weighted by Gasteiger charge is -2.10. The predicted molar refractivity (Wildman–Crippen MR) is 188 cm³/mol. The van der Waals surface area contributed by atoms with E-state index in [2.05, 4.69) is 33.4 Å². The molecule has 0 N–H and O–H groups in total. The van der Waals surface area contributed by atoms with Crippen molar-refractivity contribution in [3.05, 3.63) is 123 Å². The quantitative estimate of drug-likeness (QED) is 0.172. The summed E-state index contributed by atoms with van der Waals surface area (Å²) in [5, 5.41) is 1.33. The molecule has 0 saturated heterocycles. The summed E-state index contributed by atoms with van der Waals surface area (Å²) in [5.41, 5.74) is 13.0. The fourth-order valence-electron chi connectivity index (χ4n) is 6.33. The van der Waals surface area contributed by atoms with Gasteiger partial charge in [-0.05, 0) is 95.6 Å². The van der Waals surface area contributed by atoms with Gasteiger partial charge in [0.25, 0.3) is 0 Å². The van der Waals surface area contributed by atoms with Crippen molar-refractivity contribution in [1.29, 1.82) is 0 Å². The number of fused-ring (bicyclic) bond motifs is 6. The molecule has 0 saturated carbocycles. The molecule has 3 aromatic carbocycles. The van der Waals surface area contributed by atoms with Crippen LogP contribution in [-0.4, -0.2) is 33.7 Å². The first kappa shape index (κ1) is 30.7. The van der Waals surface area contributed by atoms with E-state index < -0.39 is 5.95 Å². The molecule has 8 rings (SSSR count). The highest BCUT2D eigenvalue weighted by atomic mass is 35.5. The number of nitrogens with zero attached hydrogens (tertiary/aromatic N) is 7. The Bertz CT molecular complexity index is 2530. The van der Waals surface area contributed by atoms with E-state index >= 15 is 0 Å². The van der Waals surface area contributed by atoms with Gasteiger partial charge in [0.1, 0.15) is 11.6 Å². The Morgan fingerprint density at radius 1 is 0.511 bits per heavy atom. The Morgan fingerprint density at radius 2 is 1.00 bits per heavy atom. The van der Waals surface area contributed by atoms with Crippen molar-refractivity contribution in [2.45, 2.75) is 41.5 Å². The van der Waals surface area contributed by atoms with Crippen molar-refractivity contribution >= 4 is 56.3 Å². The summed E-state index contributed by atoms with van der Waals surface area (Å²) < 4.78 is 17.6. The van der Waals surface area contributed by atoms with E-state index in [-0.39, 0.29) is 0 Å². The van der Waals surface area contributed by atoms with E-state index in [1.807, 2.05) is 80.6 Å². The minimum Gasteiger partial charge on any atom is -0.289 e. The molecule has 0 amide bonds. The van der Waals surface area contributed by atoms with Crippen molar-refractivity contribution in [2.24, 2.45) is 0 Å². The number of halogens is 3. The molecule has 0 atom stereocenters. The van der Waals surface area contributed by atoms with E-state index in [1.54, 1.807) is 13.0 Å². The maximum absolute atomic E-state index is 13.4. The van der Waals surface area contributed by atoms with E-state index in [1.165, 1.54) is 11.6 Å². The number of aryl methyl sites for hydroxylation is 6. The number of aromatic nitrogens is 7. The monoisotopic (exact) mass is 661 g/mol. The van der Waals surface area contributed by atoms with Crippen LogP contribution >= 0.6 is 23.2 Å². The molecule has 0 aliphatic heterocycles. The van der Waals surface area contributed by atoms with Crippen LogP contribution in [0.3, 0.4) is 0 Å². The van der Waals surface area contributed by atoms with Crippen molar-refractivity contribution < 1.29 is 4.39 Å². The molecule has 0 aliphatic carbocycles. The first-order valence-corrected chi connectivity index (χ1v) is 15.9. The van der Waals surface area contributed by atoms with Gasteiger partial charge in [-0.15, -0.1) is 0 Å². The zero-order valence-electron chi connectivity index (χ0n) is 26.7. The van der Waals surface area contributed by atoms with Crippen LogP contribution in [0.25, 0.3) is 55.9 Å². The molecule has 7 nitrogen and oxygen atoms in total. The van der Waals surface area contributed by atoms with Gasteiger partial charge in [0.15, 0.2) is 0 Å². The molecular formula is C37H30Cl2FN7. The number of pyridine rings is 1. The van der Waals surface area contributed by atoms with Crippen molar-refractivity contribution in [1.82, 2.24) is 33.7 Å². The molecule has 0 bridgehead atoms. The van der Waals surface area contributed by atoms with Crippen LogP contribution in [-0.2, 0) is 0 Å². The Kier molecular flexibility index (Phi) is 7.65. The summed E-state index contributed by atoms with van der Waals surface area (Å²) in [6.07, 6.45) is 0. The lowest BCUT2D eigenvalue weighted by atomic mass is 10.1. The SMILES string of the molecule is Cc1ccccc1-c1nc(C)c2c(C)nc3ccc(Cl)cc3n12.Cc1nc(F)ccc1-c1nc(C)c2c(C)nc3ccc(Cl)cc3n12. The van der Waals surface area contributed by atoms with Gasteiger partial charge in [0.05, 0.1) is 61.6 Å². The van der Waals surface area contributed by atoms with Crippen molar-refractivity contribution in [3.8, 4) is 22.8 Å². The van der Waals surface area contributed by atoms with Gasteiger partial charge in [-0.3, -0.25) is 8.80 Å². The Balaban J connectivity index is 0.000000150. The summed E-state index contributed by atoms with van der Waals surface area (Å²) in [6.45, 7) is 11.8. The molecule has 10 heteroatoms. The van der Waals surface area contributed by atoms with Crippen molar-refractivity contribution in [3.63, 3.8) is 0 Å². The summed E-state index contributed by atoms with van der Waals surface area (Å²) in [4.78, 5) is 22.8.